The number of aromatic nitrogens is 2. The number of carbonyl (C=O) groups is 1. The summed E-state index contributed by atoms with van der Waals surface area (Å²) in [6, 6.07) is 13.3. The number of nitrogens with zero attached hydrogens (tertiary/aromatic N) is 3. The zero-order valence-electron chi connectivity index (χ0n) is 18.0. The standard InChI is InChI=1S/C24H25Cl2N3O2/c1-14-5-6-18(9-15(14)2)22-11-23(24(30)28-12-16(3)31-17(4)13-28)29(27-22)19-7-8-20(25)21(26)10-19/h5-11,16-17H,12-13H2,1-4H3. The van der Waals surface area contributed by atoms with Crippen LogP contribution in [0, 0.1) is 13.8 Å². The molecule has 1 amide bonds. The Labute approximate surface area is 192 Å². The lowest BCUT2D eigenvalue weighted by molar-refractivity contribution is -0.0588. The second-order valence-electron chi connectivity index (χ2n) is 8.19. The molecule has 2 atom stereocenters. The van der Waals surface area contributed by atoms with Gasteiger partial charge in [-0.25, -0.2) is 4.68 Å². The summed E-state index contributed by atoms with van der Waals surface area (Å²) in [5.41, 5.74) is 5.23. The van der Waals surface area contributed by atoms with Gasteiger partial charge in [-0.05, 0) is 69.2 Å². The SMILES string of the molecule is Cc1ccc(-c2cc(C(=O)N3CC(C)OC(C)C3)n(-c3ccc(Cl)c(Cl)c3)n2)cc1C. The highest BCUT2D eigenvalue weighted by Gasteiger charge is 2.29. The Bertz CT molecular complexity index is 1130. The highest BCUT2D eigenvalue weighted by molar-refractivity contribution is 6.42. The van der Waals surface area contributed by atoms with E-state index in [4.69, 9.17) is 33.0 Å². The van der Waals surface area contributed by atoms with Crippen molar-refractivity contribution in [2.75, 3.05) is 13.1 Å². The molecule has 2 heterocycles. The van der Waals surface area contributed by atoms with Crippen molar-refractivity contribution in [2.24, 2.45) is 0 Å². The van der Waals surface area contributed by atoms with Crippen LogP contribution in [0.2, 0.25) is 10.0 Å². The number of benzene rings is 2. The van der Waals surface area contributed by atoms with Gasteiger partial charge in [0.1, 0.15) is 5.69 Å². The maximum absolute atomic E-state index is 13.6. The Balaban J connectivity index is 1.81. The molecular weight excluding hydrogens is 433 g/mol. The van der Waals surface area contributed by atoms with Crippen molar-refractivity contribution in [3.8, 4) is 16.9 Å². The molecule has 1 aromatic heterocycles. The molecule has 0 spiro atoms. The molecule has 5 nitrogen and oxygen atoms in total. The van der Waals surface area contributed by atoms with Gasteiger partial charge in [-0.2, -0.15) is 5.10 Å². The summed E-state index contributed by atoms with van der Waals surface area (Å²) in [5.74, 6) is -0.0874. The van der Waals surface area contributed by atoms with E-state index in [1.165, 1.54) is 11.1 Å². The number of hydrogen-bond donors (Lipinski definition) is 0. The maximum Gasteiger partial charge on any atom is 0.272 e. The number of hydrogen-bond acceptors (Lipinski definition) is 3. The minimum atomic E-state index is -0.0874. The molecule has 0 radical (unpaired) electrons. The summed E-state index contributed by atoms with van der Waals surface area (Å²) in [5, 5.41) is 5.65. The Hall–Kier alpha value is -2.34. The number of rotatable bonds is 3. The van der Waals surface area contributed by atoms with Crippen LogP contribution in [0.1, 0.15) is 35.5 Å². The van der Waals surface area contributed by atoms with Crippen molar-refractivity contribution < 1.29 is 9.53 Å². The molecule has 3 aromatic rings. The minimum absolute atomic E-state index is 0.0201. The quantitative estimate of drug-likeness (QED) is 0.505. The van der Waals surface area contributed by atoms with Crippen molar-refractivity contribution in [3.05, 3.63) is 69.3 Å². The van der Waals surface area contributed by atoms with Crippen LogP contribution in [0.4, 0.5) is 0 Å². The topological polar surface area (TPSA) is 47.4 Å². The maximum atomic E-state index is 13.6. The van der Waals surface area contributed by atoms with E-state index in [0.717, 1.165) is 11.3 Å². The van der Waals surface area contributed by atoms with Crippen LogP contribution < -0.4 is 0 Å². The summed E-state index contributed by atoms with van der Waals surface area (Å²) in [7, 11) is 0. The molecule has 162 valence electrons. The molecule has 2 unspecified atom stereocenters. The van der Waals surface area contributed by atoms with E-state index in [0.29, 0.717) is 34.5 Å². The molecular formula is C24H25Cl2N3O2. The molecule has 1 fully saturated rings. The van der Waals surface area contributed by atoms with Gasteiger partial charge in [-0.1, -0.05) is 35.3 Å². The molecule has 1 aliphatic rings. The fourth-order valence-electron chi connectivity index (χ4n) is 3.89. The molecule has 2 aromatic carbocycles. The Morgan fingerprint density at radius 2 is 1.68 bits per heavy atom. The van der Waals surface area contributed by atoms with Crippen LogP contribution in [0.5, 0.6) is 0 Å². The van der Waals surface area contributed by atoms with E-state index in [2.05, 4.69) is 26.0 Å². The van der Waals surface area contributed by atoms with Gasteiger partial charge in [0, 0.05) is 18.7 Å². The lowest BCUT2D eigenvalue weighted by Crippen LogP contribution is -2.48. The zero-order chi connectivity index (χ0) is 22.3. The Morgan fingerprint density at radius 3 is 2.32 bits per heavy atom. The third kappa shape index (κ3) is 4.49. The lowest BCUT2D eigenvalue weighted by atomic mass is 10.0. The fourth-order valence-corrected chi connectivity index (χ4v) is 4.19. The summed E-state index contributed by atoms with van der Waals surface area (Å²) >= 11 is 12.4. The number of amides is 1. The molecule has 0 N–H and O–H groups in total. The van der Waals surface area contributed by atoms with E-state index in [1.807, 2.05) is 36.9 Å². The second kappa shape index (κ2) is 8.65. The summed E-state index contributed by atoms with van der Waals surface area (Å²) in [6.07, 6.45) is -0.0402. The van der Waals surface area contributed by atoms with E-state index >= 15 is 0 Å². The van der Waals surface area contributed by atoms with Crippen LogP contribution in [-0.4, -0.2) is 45.9 Å². The van der Waals surface area contributed by atoms with Crippen molar-refractivity contribution in [1.29, 1.82) is 0 Å². The smallest absolute Gasteiger partial charge is 0.272 e. The van der Waals surface area contributed by atoms with Gasteiger partial charge in [0.2, 0.25) is 0 Å². The number of morpholine rings is 1. The molecule has 1 aliphatic heterocycles. The highest BCUT2D eigenvalue weighted by Crippen LogP contribution is 2.29. The Morgan fingerprint density at radius 1 is 0.968 bits per heavy atom. The molecule has 31 heavy (non-hydrogen) atoms. The van der Waals surface area contributed by atoms with Crippen LogP contribution in [0.25, 0.3) is 16.9 Å². The van der Waals surface area contributed by atoms with Gasteiger partial charge in [0.15, 0.2) is 0 Å². The summed E-state index contributed by atoms with van der Waals surface area (Å²) < 4.78 is 7.45. The number of aryl methyl sites for hydroxylation is 2. The summed E-state index contributed by atoms with van der Waals surface area (Å²) in [4.78, 5) is 15.4. The number of halogens is 2. The van der Waals surface area contributed by atoms with Gasteiger partial charge < -0.3 is 9.64 Å². The van der Waals surface area contributed by atoms with Crippen LogP contribution in [0.3, 0.4) is 0 Å². The van der Waals surface area contributed by atoms with E-state index in [9.17, 15) is 4.79 Å². The Kier molecular flexibility index (Phi) is 6.11. The first-order chi connectivity index (χ1) is 14.7. The van der Waals surface area contributed by atoms with Crippen molar-refractivity contribution in [1.82, 2.24) is 14.7 Å². The minimum Gasteiger partial charge on any atom is -0.372 e. The van der Waals surface area contributed by atoms with Crippen molar-refractivity contribution in [3.63, 3.8) is 0 Å². The zero-order valence-corrected chi connectivity index (χ0v) is 19.5. The van der Waals surface area contributed by atoms with Crippen LogP contribution in [-0.2, 0) is 4.74 Å². The first-order valence-electron chi connectivity index (χ1n) is 10.3. The molecule has 0 bridgehead atoms. The normalized spacial score (nSPS) is 19.0. The van der Waals surface area contributed by atoms with Gasteiger partial charge in [-0.3, -0.25) is 4.79 Å². The van der Waals surface area contributed by atoms with Crippen molar-refractivity contribution >= 4 is 29.1 Å². The highest BCUT2D eigenvalue weighted by atomic mass is 35.5. The monoisotopic (exact) mass is 457 g/mol. The summed E-state index contributed by atoms with van der Waals surface area (Å²) in [6.45, 7) is 9.17. The van der Waals surface area contributed by atoms with Gasteiger partial charge >= 0.3 is 0 Å². The number of carbonyl (C=O) groups excluding carboxylic acids is 1. The first kappa shape index (κ1) is 21.9. The first-order valence-corrected chi connectivity index (χ1v) is 11.1. The molecule has 4 rings (SSSR count). The second-order valence-corrected chi connectivity index (χ2v) is 9.01. The van der Waals surface area contributed by atoms with Gasteiger partial charge in [0.05, 0.1) is 33.6 Å². The third-order valence-electron chi connectivity index (χ3n) is 5.59. The van der Waals surface area contributed by atoms with Gasteiger partial charge in [0.25, 0.3) is 5.91 Å². The fraction of sp³-hybridized carbons (Fsp3) is 0.333. The molecule has 1 saturated heterocycles. The largest absolute Gasteiger partial charge is 0.372 e. The molecule has 0 saturated carbocycles. The third-order valence-corrected chi connectivity index (χ3v) is 6.32. The average Bonchev–Trinajstić information content (AvgIpc) is 3.16. The average molecular weight is 458 g/mol. The van der Waals surface area contributed by atoms with E-state index < -0.39 is 0 Å². The number of ether oxygens (including phenoxy) is 1. The van der Waals surface area contributed by atoms with Crippen LogP contribution >= 0.6 is 23.2 Å². The molecule has 0 aliphatic carbocycles. The molecule has 7 heteroatoms. The van der Waals surface area contributed by atoms with E-state index in [1.54, 1.807) is 16.8 Å². The predicted octanol–water partition coefficient (Wildman–Crippen LogP) is 5.71. The lowest BCUT2D eigenvalue weighted by Gasteiger charge is -2.35. The van der Waals surface area contributed by atoms with Crippen LogP contribution in [0.15, 0.2) is 42.5 Å². The van der Waals surface area contributed by atoms with E-state index in [-0.39, 0.29) is 18.1 Å². The van der Waals surface area contributed by atoms with Crippen molar-refractivity contribution in [2.45, 2.75) is 39.9 Å². The van der Waals surface area contributed by atoms with Gasteiger partial charge in [-0.15, -0.1) is 0 Å². The predicted molar refractivity (Wildman–Crippen MR) is 124 cm³/mol.